The zero-order chi connectivity index (χ0) is 17.9. The van der Waals surface area contributed by atoms with Crippen LogP contribution < -0.4 is 10.2 Å². The molecule has 132 valence electrons. The zero-order valence-corrected chi connectivity index (χ0v) is 14.8. The molecule has 0 radical (unpaired) electrons. The number of hydrogen-bond donors (Lipinski definition) is 1. The second-order valence-corrected chi connectivity index (χ2v) is 7.21. The molecule has 2 rings (SSSR count). The molecule has 1 unspecified atom stereocenters. The number of nitro benzene ring substituents is 1. The minimum atomic E-state index is -0.392. The summed E-state index contributed by atoms with van der Waals surface area (Å²) in [6, 6.07) is 6.46. The van der Waals surface area contributed by atoms with Crippen LogP contribution in [0.1, 0.15) is 27.7 Å². The van der Waals surface area contributed by atoms with Crippen LogP contribution in [-0.2, 0) is 4.79 Å². The van der Waals surface area contributed by atoms with Gasteiger partial charge in [-0.1, -0.05) is 0 Å². The van der Waals surface area contributed by atoms with Crippen molar-refractivity contribution in [3.05, 3.63) is 34.4 Å². The number of piperazine rings is 1. The summed E-state index contributed by atoms with van der Waals surface area (Å²) >= 11 is 0. The van der Waals surface area contributed by atoms with Crippen molar-refractivity contribution in [3.8, 4) is 0 Å². The number of nitrogens with zero attached hydrogens (tertiary/aromatic N) is 3. The first kappa shape index (κ1) is 18.2. The number of benzene rings is 1. The summed E-state index contributed by atoms with van der Waals surface area (Å²) in [5.74, 6) is 0.0475. The molecule has 1 saturated heterocycles. The summed E-state index contributed by atoms with van der Waals surface area (Å²) in [7, 11) is 0. The van der Waals surface area contributed by atoms with Gasteiger partial charge in [-0.3, -0.25) is 19.8 Å². The van der Waals surface area contributed by atoms with Gasteiger partial charge in [0, 0.05) is 49.5 Å². The number of rotatable bonds is 4. The van der Waals surface area contributed by atoms with Crippen molar-refractivity contribution in [1.29, 1.82) is 0 Å². The van der Waals surface area contributed by atoms with E-state index in [-0.39, 0.29) is 23.2 Å². The normalized spacial score (nSPS) is 17.4. The molecule has 7 heteroatoms. The molecule has 0 aromatic heterocycles. The Morgan fingerprint density at radius 3 is 2.17 bits per heavy atom. The number of amides is 1. The van der Waals surface area contributed by atoms with E-state index in [4.69, 9.17) is 0 Å². The first-order valence-electron chi connectivity index (χ1n) is 8.23. The molecule has 1 aliphatic rings. The first-order valence-corrected chi connectivity index (χ1v) is 8.23. The van der Waals surface area contributed by atoms with E-state index in [0.717, 1.165) is 31.9 Å². The largest absolute Gasteiger partial charge is 0.369 e. The summed E-state index contributed by atoms with van der Waals surface area (Å²) in [6.45, 7) is 11.0. The molecule has 1 amide bonds. The third-order valence-electron chi connectivity index (χ3n) is 4.17. The molecule has 0 spiro atoms. The molecular formula is C17H26N4O3. The minimum Gasteiger partial charge on any atom is -0.369 e. The summed E-state index contributed by atoms with van der Waals surface area (Å²) in [6.07, 6.45) is 0. The minimum absolute atomic E-state index is 0.0475. The third-order valence-corrected chi connectivity index (χ3v) is 4.17. The lowest BCUT2D eigenvalue weighted by Crippen LogP contribution is -2.56. The SMILES string of the molecule is CC(C(=O)NC(C)(C)C)N1CCN(c2ccc([N+](=O)[O-])cc2)CC1. The van der Waals surface area contributed by atoms with Crippen LogP contribution in [0.15, 0.2) is 24.3 Å². The van der Waals surface area contributed by atoms with E-state index in [1.807, 2.05) is 27.7 Å². The molecule has 0 aliphatic carbocycles. The zero-order valence-electron chi connectivity index (χ0n) is 14.8. The lowest BCUT2D eigenvalue weighted by Gasteiger charge is -2.39. The molecule has 1 fully saturated rings. The van der Waals surface area contributed by atoms with Crippen molar-refractivity contribution >= 4 is 17.3 Å². The van der Waals surface area contributed by atoms with Gasteiger partial charge in [-0.05, 0) is 39.8 Å². The van der Waals surface area contributed by atoms with E-state index in [1.54, 1.807) is 12.1 Å². The van der Waals surface area contributed by atoms with Crippen molar-refractivity contribution in [2.24, 2.45) is 0 Å². The number of non-ortho nitro benzene ring substituents is 1. The van der Waals surface area contributed by atoms with Gasteiger partial charge in [0.25, 0.3) is 5.69 Å². The van der Waals surface area contributed by atoms with E-state index in [2.05, 4.69) is 15.1 Å². The molecule has 1 aromatic rings. The molecule has 0 bridgehead atoms. The standard InChI is InChI=1S/C17H26N4O3/c1-13(16(22)18-17(2,3)4)19-9-11-20(12-10-19)14-5-7-15(8-6-14)21(23)24/h5-8,13H,9-12H2,1-4H3,(H,18,22). The number of carbonyl (C=O) groups is 1. The Hall–Kier alpha value is -2.15. The molecule has 1 heterocycles. The second kappa shape index (κ2) is 7.17. The van der Waals surface area contributed by atoms with Crippen LogP contribution >= 0.6 is 0 Å². The Balaban J connectivity index is 1.91. The summed E-state index contributed by atoms with van der Waals surface area (Å²) in [5.41, 5.74) is 0.850. The molecule has 1 aliphatic heterocycles. The Morgan fingerprint density at radius 2 is 1.71 bits per heavy atom. The number of nitro groups is 1. The van der Waals surface area contributed by atoms with E-state index in [1.165, 1.54) is 12.1 Å². The lowest BCUT2D eigenvalue weighted by molar-refractivity contribution is -0.384. The quantitative estimate of drug-likeness (QED) is 0.673. The van der Waals surface area contributed by atoms with Crippen LogP contribution in [0.4, 0.5) is 11.4 Å². The van der Waals surface area contributed by atoms with Crippen molar-refractivity contribution in [3.63, 3.8) is 0 Å². The van der Waals surface area contributed by atoms with E-state index < -0.39 is 4.92 Å². The van der Waals surface area contributed by atoms with Crippen LogP contribution in [-0.4, -0.2) is 53.5 Å². The summed E-state index contributed by atoms with van der Waals surface area (Å²) in [4.78, 5) is 27.0. The Morgan fingerprint density at radius 1 is 1.17 bits per heavy atom. The average Bonchev–Trinajstić information content (AvgIpc) is 2.53. The van der Waals surface area contributed by atoms with Gasteiger partial charge < -0.3 is 10.2 Å². The predicted molar refractivity (Wildman–Crippen MR) is 94.2 cm³/mol. The van der Waals surface area contributed by atoms with Gasteiger partial charge in [-0.15, -0.1) is 0 Å². The fraction of sp³-hybridized carbons (Fsp3) is 0.588. The maximum atomic E-state index is 12.3. The van der Waals surface area contributed by atoms with E-state index in [9.17, 15) is 14.9 Å². The molecule has 7 nitrogen and oxygen atoms in total. The van der Waals surface area contributed by atoms with Gasteiger partial charge in [-0.2, -0.15) is 0 Å². The average molecular weight is 334 g/mol. The molecule has 24 heavy (non-hydrogen) atoms. The first-order chi connectivity index (χ1) is 11.2. The third kappa shape index (κ3) is 4.67. The monoisotopic (exact) mass is 334 g/mol. The van der Waals surface area contributed by atoms with Crippen molar-refractivity contribution in [1.82, 2.24) is 10.2 Å². The second-order valence-electron chi connectivity index (χ2n) is 7.21. The molecular weight excluding hydrogens is 308 g/mol. The van der Waals surface area contributed by atoms with E-state index >= 15 is 0 Å². The number of carbonyl (C=O) groups excluding carboxylic acids is 1. The van der Waals surface area contributed by atoms with Crippen LogP contribution in [0.2, 0.25) is 0 Å². The highest BCUT2D eigenvalue weighted by molar-refractivity contribution is 5.82. The maximum absolute atomic E-state index is 12.3. The Kier molecular flexibility index (Phi) is 5.43. The molecule has 1 aromatic carbocycles. The number of anilines is 1. The van der Waals surface area contributed by atoms with Gasteiger partial charge in [0.2, 0.25) is 5.91 Å². The number of hydrogen-bond acceptors (Lipinski definition) is 5. The highest BCUT2D eigenvalue weighted by Gasteiger charge is 2.27. The predicted octanol–water partition coefficient (Wildman–Crippen LogP) is 2.02. The highest BCUT2D eigenvalue weighted by Crippen LogP contribution is 2.21. The van der Waals surface area contributed by atoms with Crippen LogP contribution in [0, 0.1) is 10.1 Å². The fourth-order valence-corrected chi connectivity index (χ4v) is 2.79. The maximum Gasteiger partial charge on any atom is 0.269 e. The van der Waals surface area contributed by atoms with Gasteiger partial charge in [-0.25, -0.2) is 0 Å². The van der Waals surface area contributed by atoms with Crippen LogP contribution in [0.25, 0.3) is 0 Å². The van der Waals surface area contributed by atoms with Gasteiger partial charge in [0.05, 0.1) is 11.0 Å². The molecule has 0 saturated carbocycles. The Bertz CT molecular complexity index is 587. The van der Waals surface area contributed by atoms with Crippen molar-refractivity contribution in [2.45, 2.75) is 39.3 Å². The van der Waals surface area contributed by atoms with Crippen molar-refractivity contribution < 1.29 is 9.72 Å². The van der Waals surface area contributed by atoms with Crippen LogP contribution in [0.3, 0.4) is 0 Å². The molecule has 1 N–H and O–H groups in total. The summed E-state index contributed by atoms with van der Waals surface area (Å²) in [5, 5.41) is 13.7. The van der Waals surface area contributed by atoms with Gasteiger partial charge in [0.1, 0.15) is 0 Å². The van der Waals surface area contributed by atoms with Crippen LogP contribution in [0.5, 0.6) is 0 Å². The Labute approximate surface area is 142 Å². The van der Waals surface area contributed by atoms with E-state index in [0.29, 0.717) is 0 Å². The smallest absolute Gasteiger partial charge is 0.269 e. The molecule has 1 atom stereocenters. The summed E-state index contributed by atoms with van der Waals surface area (Å²) < 4.78 is 0. The van der Waals surface area contributed by atoms with Gasteiger partial charge >= 0.3 is 0 Å². The number of nitrogens with one attached hydrogen (secondary N) is 1. The highest BCUT2D eigenvalue weighted by atomic mass is 16.6. The fourth-order valence-electron chi connectivity index (χ4n) is 2.79. The topological polar surface area (TPSA) is 78.7 Å². The van der Waals surface area contributed by atoms with Gasteiger partial charge in [0.15, 0.2) is 0 Å². The van der Waals surface area contributed by atoms with Crippen molar-refractivity contribution in [2.75, 3.05) is 31.1 Å². The lowest BCUT2D eigenvalue weighted by atomic mass is 10.1.